The van der Waals surface area contributed by atoms with Crippen LogP contribution in [0.2, 0.25) is 5.02 Å². The number of rotatable bonds is 3. The number of piperidine rings is 1. The fourth-order valence-electron chi connectivity index (χ4n) is 1.99. The van der Waals surface area contributed by atoms with Crippen LogP contribution in [0, 0.1) is 5.41 Å². The average molecular weight is 240 g/mol. The molecule has 0 radical (unpaired) electrons. The van der Waals surface area contributed by atoms with Gasteiger partial charge in [0.05, 0.1) is 11.6 Å². The van der Waals surface area contributed by atoms with Crippen molar-refractivity contribution in [3.63, 3.8) is 0 Å². The summed E-state index contributed by atoms with van der Waals surface area (Å²) in [5, 5.41) is 4.06. The van der Waals surface area contributed by atoms with E-state index in [9.17, 15) is 0 Å². The summed E-state index contributed by atoms with van der Waals surface area (Å²) in [7, 11) is 0. The molecule has 0 amide bonds. The molecule has 1 fully saturated rings. The van der Waals surface area contributed by atoms with Crippen molar-refractivity contribution in [1.82, 2.24) is 5.32 Å². The Morgan fingerprint density at radius 3 is 2.69 bits per heavy atom. The van der Waals surface area contributed by atoms with Gasteiger partial charge in [-0.25, -0.2) is 0 Å². The van der Waals surface area contributed by atoms with Crippen molar-refractivity contribution in [2.45, 2.75) is 19.8 Å². The second-order valence-electron chi connectivity index (χ2n) is 4.78. The van der Waals surface area contributed by atoms with Crippen molar-refractivity contribution >= 4 is 11.6 Å². The molecule has 1 aliphatic heterocycles. The van der Waals surface area contributed by atoms with Crippen molar-refractivity contribution in [2.24, 2.45) is 5.41 Å². The highest BCUT2D eigenvalue weighted by molar-refractivity contribution is 6.32. The number of ether oxygens (including phenoxy) is 1. The van der Waals surface area contributed by atoms with E-state index in [-0.39, 0.29) is 5.41 Å². The molecule has 0 saturated carbocycles. The molecule has 2 rings (SSSR count). The smallest absolute Gasteiger partial charge is 0.137 e. The Labute approximate surface area is 102 Å². The molecule has 1 N–H and O–H groups in total. The lowest BCUT2D eigenvalue weighted by Crippen LogP contribution is -2.38. The van der Waals surface area contributed by atoms with E-state index in [1.165, 1.54) is 0 Å². The Bertz CT molecular complexity index is 348. The first-order valence-electron chi connectivity index (χ1n) is 5.78. The molecule has 0 spiro atoms. The van der Waals surface area contributed by atoms with E-state index in [0.717, 1.165) is 38.3 Å². The maximum Gasteiger partial charge on any atom is 0.137 e. The maximum atomic E-state index is 6.05. The van der Waals surface area contributed by atoms with Gasteiger partial charge in [-0.1, -0.05) is 30.7 Å². The summed E-state index contributed by atoms with van der Waals surface area (Å²) in [6.07, 6.45) is 2.33. The first-order valence-corrected chi connectivity index (χ1v) is 6.15. The summed E-state index contributed by atoms with van der Waals surface area (Å²) in [4.78, 5) is 0. The van der Waals surface area contributed by atoms with Gasteiger partial charge in [0.2, 0.25) is 0 Å². The lowest BCUT2D eigenvalue weighted by atomic mass is 9.82. The predicted octanol–water partition coefficient (Wildman–Crippen LogP) is 3.11. The molecular weight excluding hydrogens is 222 g/mol. The summed E-state index contributed by atoms with van der Waals surface area (Å²) in [6, 6.07) is 7.65. The molecule has 0 aromatic heterocycles. The molecular formula is C13H18ClNO. The zero-order valence-electron chi connectivity index (χ0n) is 9.63. The molecule has 16 heavy (non-hydrogen) atoms. The van der Waals surface area contributed by atoms with Gasteiger partial charge in [-0.05, 0) is 38.1 Å². The molecule has 1 aliphatic rings. The number of hydrogen-bond donors (Lipinski definition) is 1. The minimum atomic E-state index is 0.282. The van der Waals surface area contributed by atoms with Crippen LogP contribution in [0.3, 0.4) is 0 Å². The van der Waals surface area contributed by atoms with Gasteiger partial charge in [0.15, 0.2) is 0 Å². The van der Waals surface area contributed by atoms with Crippen LogP contribution in [-0.4, -0.2) is 19.7 Å². The number of benzene rings is 1. The van der Waals surface area contributed by atoms with Gasteiger partial charge < -0.3 is 10.1 Å². The molecule has 1 aromatic carbocycles. The Hall–Kier alpha value is -0.730. The monoisotopic (exact) mass is 239 g/mol. The van der Waals surface area contributed by atoms with Crippen LogP contribution >= 0.6 is 11.6 Å². The standard InChI is InChI=1S/C13H18ClNO/c1-13(6-8-15-9-7-13)10-16-12-5-3-2-4-11(12)14/h2-5,15H,6-10H2,1H3. The summed E-state index contributed by atoms with van der Waals surface area (Å²) in [5.41, 5.74) is 0.282. The first-order chi connectivity index (χ1) is 7.70. The number of hydrogen-bond acceptors (Lipinski definition) is 2. The summed E-state index contributed by atoms with van der Waals surface area (Å²) in [5.74, 6) is 0.795. The van der Waals surface area contributed by atoms with Crippen molar-refractivity contribution < 1.29 is 4.74 Å². The van der Waals surface area contributed by atoms with E-state index >= 15 is 0 Å². The van der Waals surface area contributed by atoms with E-state index in [0.29, 0.717) is 5.02 Å². The van der Waals surface area contributed by atoms with Gasteiger partial charge in [-0.3, -0.25) is 0 Å². The zero-order valence-corrected chi connectivity index (χ0v) is 10.4. The highest BCUT2D eigenvalue weighted by Crippen LogP contribution is 2.31. The van der Waals surface area contributed by atoms with Crippen LogP contribution in [0.25, 0.3) is 0 Å². The van der Waals surface area contributed by atoms with Crippen molar-refractivity contribution in [3.8, 4) is 5.75 Å². The van der Waals surface area contributed by atoms with E-state index < -0.39 is 0 Å². The minimum absolute atomic E-state index is 0.282. The molecule has 0 bridgehead atoms. The van der Waals surface area contributed by atoms with E-state index in [2.05, 4.69) is 12.2 Å². The molecule has 0 aliphatic carbocycles. The second-order valence-corrected chi connectivity index (χ2v) is 5.19. The molecule has 0 atom stereocenters. The minimum Gasteiger partial charge on any atom is -0.491 e. The molecule has 88 valence electrons. The summed E-state index contributed by atoms with van der Waals surface area (Å²) in [6.45, 7) is 5.20. The maximum absolute atomic E-state index is 6.05. The second kappa shape index (κ2) is 5.07. The quantitative estimate of drug-likeness (QED) is 0.875. The van der Waals surface area contributed by atoms with Crippen LogP contribution in [0.4, 0.5) is 0 Å². The Balaban J connectivity index is 1.94. The fourth-order valence-corrected chi connectivity index (χ4v) is 2.18. The summed E-state index contributed by atoms with van der Waals surface area (Å²) >= 11 is 6.05. The van der Waals surface area contributed by atoms with Crippen LogP contribution in [0.15, 0.2) is 24.3 Å². The van der Waals surface area contributed by atoms with Gasteiger partial charge >= 0.3 is 0 Å². The van der Waals surface area contributed by atoms with E-state index in [4.69, 9.17) is 16.3 Å². The molecule has 0 unspecified atom stereocenters. The molecule has 1 aromatic rings. The predicted molar refractivity (Wildman–Crippen MR) is 67.2 cm³/mol. The van der Waals surface area contributed by atoms with Crippen LogP contribution in [0.1, 0.15) is 19.8 Å². The highest BCUT2D eigenvalue weighted by atomic mass is 35.5. The molecule has 1 saturated heterocycles. The third-order valence-corrected chi connectivity index (χ3v) is 3.54. The van der Waals surface area contributed by atoms with E-state index in [1.54, 1.807) is 0 Å². The van der Waals surface area contributed by atoms with Crippen molar-refractivity contribution in [3.05, 3.63) is 29.3 Å². The van der Waals surface area contributed by atoms with Crippen LogP contribution in [0.5, 0.6) is 5.75 Å². The first kappa shape index (κ1) is 11.7. The normalized spacial score (nSPS) is 19.4. The van der Waals surface area contributed by atoms with E-state index in [1.807, 2.05) is 24.3 Å². The largest absolute Gasteiger partial charge is 0.491 e. The Morgan fingerprint density at radius 1 is 1.31 bits per heavy atom. The van der Waals surface area contributed by atoms with Gasteiger partial charge in [0, 0.05) is 5.41 Å². The lowest BCUT2D eigenvalue weighted by molar-refractivity contribution is 0.123. The molecule has 3 heteroatoms. The highest BCUT2D eigenvalue weighted by Gasteiger charge is 2.27. The van der Waals surface area contributed by atoms with Gasteiger partial charge in [0.25, 0.3) is 0 Å². The lowest BCUT2D eigenvalue weighted by Gasteiger charge is -2.33. The number of para-hydroxylation sites is 1. The third-order valence-electron chi connectivity index (χ3n) is 3.22. The number of halogens is 1. The van der Waals surface area contributed by atoms with Gasteiger partial charge in [-0.2, -0.15) is 0 Å². The summed E-state index contributed by atoms with van der Waals surface area (Å²) < 4.78 is 5.82. The molecule has 1 heterocycles. The van der Waals surface area contributed by atoms with Crippen molar-refractivity contribution in [1.29, 1.82) is 0 Å². The fraction of sp³-hybridized carbons (Fsp3) is 0.538. The SMILES string of the molecule is CC1(COc2ccccc2Cl)CCNCC1. The topological polar surface area (TPSA) is 21.3 Å². The number of nitrogens with one attached hydrogen (secondary N) is 1. The third kappa shape index (κ3) is 2.89. The van der Waals surface area contributed by atoms with Crippen LogP contribution < -0.4 is 10.1 Å². The Kier molecular flexibility index (Phi) is 3.72. The van der Waals surface area contributed by atoms with Gasteiger partial charge in [-0.15, -0.1) is 0 Å². The average Bonchev–Trinajstić information content (AvgIpc) is 2.29. The zero-order chi connectivity index (χ0) is 11.4. The van der Waals surface area contributed by atoms with Crippen LogP contribution in [-0.2, 0) is 0 Å². The Morgan fingerprint density at radius 2 is 2.00 bits per heavy atom. The van der Waals surface area contributed by atoms with Crippen molar-refractivity contribution in [2.75, 3.05) is 19.7 Å². The molecule has 2 nitrogen and oxygen atoms in total. The van der Waals surface area contributed by atoms with Gasteiger partial charge in [0.1, 0.15) is 5.75 Å².